The quantitative estimate of drug-likeness (QED) is 0.932. The fourth-order valence-corrected chi connectivity index (χ4v) is 2.78. The number of para-hydroxylation sites is 1. The summed E-state index contributed by atoms with van der Waals surface area (Å²) in [5.41, 5.74) is 2.09. The first-order chi connectivity index (χ1) is 9.63. The Hall–Kier alpha value is -1.22. The second-order valence-electron chi connectivity index (χ2n) is 4.99. The van der Waals surface area contributed by atoms with Gasteiger partial charge in [0.1, 0.15) is 11.9 Å². The summed E-state index contributed by atoms with van der Waals surface area (Å²) in [5, 5.41) is 11.4. The van der Waals surface area contributed by atoms with E-state index in [0.717, 1.165) is 23.3 Å². The molecule has 1 aliphatic rings. The number of fused-ring (bicyclic) bond motifs is 1. The fraction of sp³-hybridized carbons (Fsp3) is 0.250. The molecule has 0 spiro atoms. The van der Waals surface area contributed by atoms with E-state index in [2.05, 4.69) is 0 Å². The molecular weight excluding hydrogens is 295 g/mol. The van der Waals surface area contributed by atoms with Gasteiger partial charge in [-0.25, -0.2) is 0 Å². The van der Waals surface area contributed by atoms with Crippen LogP contribution >= 0.6 is 23.2 Å². The van der Waals surface area contributed by atoms with Gasteiger partial charge in [0, 0.05) is 12.8 Å². The van der Waals surface area contributed by atoms with Crippen LogP contribution < -0.4 is 4.74 Å². The van der Waals surface area contributed by atoms with Crippen molar-refractivity contribution in [3.63, 3.8) is 0 Å². The number of hydrogen-bond acceptors (Lipinski definition) is 2. The zero-order valence-corrected chi connectivity index (χ0v) is 12.2. The van der Waals surface area contributed by atoms with Crippen LogP contribution in [0.25, 0.3) is 0 Å². The number of rotatable bonds is 3. The maximum absolute atomic E-state index is 10.3. The fourth-order valence-electron chi connectivity index (χ4n) is 2.46. The normalized spacial score (nSPS) is 18.4. The third-order valence-electron chi connectivity index (χ3n) is 3.53. The smallest absolute Gasteiger partial charge is 0.129 e. The molecule has 2 unspecified atom stereocenters. The minimum Gasteiger partial charge on any atom is -0.487 e. The molecule has 3 rings (SSSR count). The van der Waals surface area contributed by atoms with Crippen LogP contribution in [-0.2, 0) is 12.8 Å². The number of aliphatic hydroxyl groups excluding tert-OH is 1. The lowest BCUT2D eigenvalue weighted by Crippen LogP contribution is -2.31. The van der Waals surface area contributed by atoms with Crippen LogP contribution in [0.1, 0.15) is 11.1 Å². The molecule has 2 aromatic rings. The van der Waals surface area contributed by atoms with Gasteiger partial charge in [0.25, 0.3) is 0 Å². The number of benzene rings is 2. The Morgan fingerprint density at radius 1 is 1.15 bits per heavy atom. The molecule has 0 amide bonds. The molecule has 0 saturated carbocycles. The number of halogens is 2. The van der Waals surface area contributed by atoms with Gasteiger partial charge in [-0.3, -0.25) is 0 Å². The molecule has 0 fully saturated rings. The molecule has 0 aliphatic carbocycles. The van der Waals surface area contributed by atoms with Gasteiger partial charge in [-0.15, -0.1) is 0 Å². The molecular formula is C16H14Cl2O2. The first kappa shape index (κ1) is 13.7. The lowest BCUT2D eigenvalue weighted by molar-refractivity contribution is 0.0503. The van der Waals surface area contributed by atoms with Crippen molar-refractivity contribution in [2.45, 2.75) is 25.0 Å². The topological polar surface area (TPSA) is 29.5 Å². The summed E-state index contributed by atoms with van der Waals surface area (Å²) in [6, 6.07) is 13.3. The highest BCUT2D eigenvalue weighted by atomic mass is 35.5. The van der Waals surface area contributed by atoms with E-state index in [4.69, 9.17) is 27.9 Å². The van der Waals surface area contributed by atoms with E-state index in [1.54, 1.807) is 12.1 Å². The van der Waals surface area contributed by atoms with Crippen molar-refractivity contribution in [3.05, 3.63) is 63.6 Å². The van der Waals surface area contributed by atoms with E-state index in [1.165, 1.54) is 0 Å². The van der Waals surface area contributed by atoms with Gasteiger partial charge < -0.3 is 9.84 Å². The van der Waals surface area contributed by atoms with E-state index in [-0.39, 0.29) is 6.10 Å². The monoisotopic (exact) mass is 308 g/mol. The minimum atomic E-state index is -0.570. The predicted molar refractivity (Wildman–Crippen MR) is 80.7 cm³/mol. The molecule has 1 N–H and O–H groups in total. The molecule has 1 aliphatic heterocycles. The van der Waals surface area contributed by atoms with Gasteiger partial charge in [-0.05, 0) is 29.3 Å². The predicted octanol–water partition coefficient (Wildman–Crippen LogP) is 3.90. The Morgan fingerprint density at radius 3 is 2.70 bits per heavy atom. The van der Waals surface area contributed by atoms with Crippen LogP contribution in [0.4, 0.5) is 0 Å². The summed E-state index contributed by atoms with van der Waals surface area (Å²) >= 11 is 11.9. The lowest BCUT2D eigenvalue weighted by Gasteiger charge is -2.18. The zero-order chi connectivity index (χ0) is 14.1. The Balaban J connectivity index is 1.69. The highest BCUT2D eigenvalue weighted by Gasteiger charge is 2.28. The summed E-state index contributed by atoms with van der Waals surface area (Å²) in [6.07, 6.45) is 0.454. The second-order valence-corrected chi connectivity index (χ2v) is 5.80. The molecule has 0 aromatic heterocycles. The molecule has 2 nitrogen and oxygen atoms in total. The van der Waals surface area contributed by atoms with Crippen molar-refractivity contribution in [2.24, 2.45) is 0 Å². The third-order valence-corrected chi connectivity index (χ3v) is 4.27. The average Bonchev–Trinajstić information content (AvgIpc) is 2.87. The Kier molecular flexibility index (Phi) is 3.88. The first-order valence-electron chi connectivity index (χ1n) is 6.50. The van der Waals surface area contributed by atoms with Gasteiger partial charge in [0.2, 0.25) is 0 Å². The summed E-state index contributed by atoms with van der Waals surface area (Å²) in [4.78, 5) is 0. The van der Waals surface area contributed by atoms with Crippen molar-refractivity contribution < 1.29 is 9.84 Å². The molecule has 0 radical (unpaired) electrons. The molecule has 1 heterocycles. The lowest BCUT2D eigenvalue weighted by atomic mass is 10.0. The zero-order valence-electron chi connectivity index (χ0n) is 10.7. The third kappa shape index (κ3) is 2.78. The largest absolute Gasteiger partial charge is 0.487 e. The molecule has 20 heavy (non-hydrogen) atoms. The maximum atomic E-state index is 10.3. The van der Waals surface area contributed by atoms with Gasteiger partial charge in [0.15, 0.2) is 0 Å². The van der Waals surface area contributed by atoms with Crippen molar-refractivity contribution in [1.29, 1.82) is 0 Å². The van der Waals surface area contributed by atoms with E-state index >= 15 is 0 Å². The molecule has 0 bridgehead atoms. The van der Waals surface area contributed by atoms with Crippen molar-refractivity contribution >= 4 is 23.2 Å². The van der Waals surface area contributed by atoms with Crippen molar-refractivity contribution in [1.82, 2.24) is 0 Å². The Labute approximate surface area is 127 Å². The summed E-state index contributed by atoms with van der Waals surface area (Å²) in [6.45, 7) is 0. The molecule has 4 heteroatoms. The molecule has 2 aromatic carbocycles. The van der Waals surface area contributed by atoms with Gasteiger partial charge >= 0.3 is 0 Å². The Bertz CT molecular complexity index is 603. The summed E-state index contributed by atoms with van der Waals surface area (Å²) in [5.74, 6) is 0.866. The standard InChI is InChI=1S/C16H14Cl2O2/c17-12-6-5-10(7-13(12)18)8-14(19)16-9-11-3-1-2-4-15(11)20-16/h1-7,14,16,19H,8-9H2. The van der Waals surface area contributed by atoms with Crippen LogP contribution in [0.2, 0.25) is 10.0 Å². The SMILES string of the molecule is OC(Cc1ccc(Cl)c(Cl)c1)C1Cc2ccccc2O1. The van der Waals surface area contributed by atoms with E-state index in [9.17, 15) is 5.11 Å². The highest BCUT2D eigenvalue weighted by Crippen LogP contribution is 2.30. The van der Waals surface area contributed by atoms with Crippen LogP contribution in [-0.4, -0.2) is 17.3 Å². The Morgan fingerprint density at radius 2 is 1.95 bits per heavy atom. The van der Waals surface area contributed by atoms with Crippen LogP contribution in [0.3, 0.4) is 0 Å². The maximum Gasteiger partial charge on any atom is 0.129 e. The van der Waals surface area contributed by atoms with E-state index < -0.39 is 6.10 Å². The van der Waals surface area contributed by atoms with Crippen LogP contribution in [0.15, 0.2) is 42.5 Å². The van der Waals surface area contributed by atoms with Crippen molar-refractivity contribution in [2.75, 3.05) is 0 Å². The van der Waals surface area contributed by atoms with Gasteiger partial charge in [-0.1, -0.05) is 47.5 Å². The van der Waals surface area contributed by atoms with Crippen LogP contribution in [0, 0.1) is 0 Å². The van der Waals surface area contributed by atoms with E-state index in [1.807, 2.05) is 30.3 Å². The summed E-state index contributed by atoms with van der Waals surface area (Å²) < 4.78 is 5.79. The second kappa shape index (κ2) is 5.65. The van der Waals surface area contributed by atoms with Crippen LogP contribution in [0.5, 0.6) is 5.75 Å². The molecule has 104 valence electrons. The minimum absolute atomic E-state index is 0.207. The summed E-state index contributed by atoms with van der Waals surface area (Å²) in [7, 11) is 0. The highest BCUT2D eigenvalue weighted by molar-refractivity contribution is 6.42. The number of aliphatic hydroxyl groups is 1. The van der Waals surface area contributed by atoms with Gasteiger partial charge in [-0.2, -0.15) is 0 Å². The molecule has 2 atom stereocenters. The first-order valence-corrected chi connectivity index (χ1v) is 7.25. The molecule has 0 saturated heterocycles. The van der Waals surface area contributed by atoms with E-state index in [0.29, 0.717) is 16.5 Å². The average molecular weight is 309 g/mol. The van der Waals surface area contributed by atoms with Gasteiger partial charge in [0.05, 0.1) is 16.1 Å². The number of hydrogen-bond donors (Lipinski definition) is 1. The number of ether oxygens (including phenoxy) is 1. The van der Waals surface area contributed by atoms with Crippen molar-refractivity contribution in [3.8, 4) is 5.75 Å².